The molecule has 0 radical (unpaired) electrons. The van der Waals surface area contributed by atoms with Crippen molar-refractivity contribution in [1.82, 2.24) is 19.7 Å². The highest BCUT2D eigenvalue weighted by atomic mass is 32.1. The van der Waals surface area contributed by atoms with Crippen molar-refractivity contribution in [1.29, 1.82) is 0 Å². The summed E-state index contributed by atoms with van der Waals surface area (Å²) >= 11 is 1.70. The number of carbonyl (C=O) groups excluding carboxylic acids is 1. The van der Waals surface area contributed by atoms with Crippen LogP contribution in [0.3, 0.4) is 0 Å². The van der Waals surface area contributed by atoms with E-state index < -0.39 is 0 Å². The third-order valence-electron chi connectivity index (χ3n) is 4.92. The van der Waals surface area contributed by atoms with Crippen molar-refractivity contribution in [2.75, 3.05) is 6.54 Å². The zero-order chi connectivity index (χ0) is 17.4. The molecule has 1 fully saturated rings. The van der Waals surface area contributed by atoms with E-state index in [1.165, 1.54) is 11.3 Å². The molecule has 5 nitrogen and oxygen atoms in total. The van der Waals surface area contributed by atoms with Crippen LogP contribution in [0.5, 0.6) is 0 Å². The maximum atomic E-state index is 13.2. The van der Waals surface area contributed by atoms with Gasteiger partial charge in [-0.2, -0.15) is 5.10 Å². The molecule has 0 saturated carbocycles. The number of hydrogen-bond donors (Lipinski definition) is 0. The van der Waals surface area contributed by atoms with Gasteiger partial charge in [0.05, 0.1) is 23.7 Å². The third-order valence-corrected chi connectivity index (χ3v) is 5.78. The van der Waals surface area contributed by atoms with Crippen LogP contribution in [0.15, 0.2) is 29.8 Å². The molecule has 1 saturated heterocycles. The van der Waals surface area contributed by atoms with E-state index in [4.69, 9.17) is 0 Å². The average Bonchev–Trinajstić information content (AvgIpc) is 3.25. The molecule has 0 bridgehead atoms. The number of piperidine rings is 1. The molecule has 6 heteroatoms. The first-order valence-electron chi connectivity index (χ1n) is 8.80. The van der Waals surface area contributed by atoms with Crippen LogP contribution in [0.4, 0.5) is 0 Å². The molecule has 1 aliphatic rings. The van der Waals surface area contributed by atoms with E-state index in [2.05, 4.69) is 28.5 Å². The number of aryl methyl sites for hydroxylation is 1. The standard InChI is InChI=1S/C19H22N4OS/c1-13-10-16(19(24)22-8-4-3-6-14(22)2)17-11-20-23(18(17)21-13)12-15-7-5-9-25-15/h5,7,9-11,14H,3-4,6,8,12H2,1-2H3/t14-/m1/s1. The number of pyridine rings is 1. The lowest BCUT2D eigenvalue weighted by Gasteiger charge is -2.33. The Morgan fingerprint density at radius 3 is 3.04 bits per heavy atom. The van der Waals surface area contributed by atoms with Crippen molar-refractivity contribution >= 4 is 28.3 Å². The molecule has 0 aliphatic carbocycles. The summed E-state index contributed by atoms with van der Waals surface area (Å²) in [5.41, 5.74) is 2.38. The Labute approximate surface area is 151 Å². The minimum Gasteiger partial charge on any atom is -0.336 e. The van der Waals surface area contributed by atoms with Crippen LogP contribution in [-0.4, -0.2) is 38.2 Å². The van der Waals surface area contributed by atoms with E-state index in [0.717, 1.165) is 41.7 Å². The lowest BCUT2D eigenvalue weighted by atomic mass is 10.0. The van der Waals surface area contributed by atoms with Crippen LogP contribution >= 0.6 is 11.3 Å². The van der Waals surface area contributed by atoms with Crippen molar-refractivity contribution < 1.29 is 4.79 Å². The summed E-state index contributed by atoms with van der Waals surface area (Å²) in [4.78, 5) is 21.1. The van der Waals surface area contributed by atoms with Crippen molar-refractivity contribution in [2.45, 2.75) is 45.7 Å². The highest BCUT2D eigenvalue weighted by molar-refractivity contribution is 7.09. The van der Waals surface area contributed by atoms with Gasteiger partial charge in [0.2, 0.25) is 0 Å². The average molecular weight is 354 g/mol. The first kappa shape index (κ1) is 16.3. The number of fused-ring (bicyclic) bond motifs is 1. The summed E-state index contributed by atoms with van der Waals surface area (Å²) in [5, 5.41) is 7.42. The lowest BCUT2D eigenvalue weighted by molar-refractivity contribution is 0.0637. The zero-order valence-electron chi connectivity index (χ0n) is 14.6. The second-order valence-corrected chi connectivity index (χ2v) is 7.81. The van der Waals surface area contributed by atoms with Gasteiger partial charge in [-0.3, -0.25) is 4.79 Å². The van der Waals surface area contributed by atoms with Gasteiger partial charge >= 0.3 is 0 Å². The highest BCUT2D eigenvalue weighted by Gasteiger charge is 2.26. The van der Waals surface area contributed by atoms with E-state index >= 15 is 0 Å². The molecule has 4 rings (SSSR count). The summed E-state index contributed by atoms with van der Waals surface area (Å²) in [7, 11) is 0. The quantitative estimate of drug-likeness (QED) is 0.717. The fourth-order valence-electron chi connectivity index (χ4n) is 3.57. The minimum absolute atomic E-state index is 0.110. The lowest BCUT2D eigenvalue weighted by Crippen LogP contribution is -2.42. The van der Waals surface area contributed by atoms with Gasteiger partial charge in [0.15, 0.2) is 5.65 Å². The number of rotatable bonds is 3. The van der Waals surface area contributed by atoms with Gasteiger partial charge in [0, 0.05) is 23.2 Å². The van der Waals surface area contributed by atoms with Gasteiger partial charge in [0.25, 0.3) is 5.91 Å². The number of aromatic nitrogens is 3. The van der Waals surface area contributed by atoms with Gasteiger partial charge in [-0.05, 0) is 50.6 Å². The van der Waals surface area contributed by atoms with Crippen molar-refractivity contribution in [3.63, 3.8) is 0 Å². The van der Waals surface area contributed by atoms with Gasteiger partial charge in [-0.15, -0.1) is 11.3 Å². The number of hydrogen-bond acceptors (Lipinski definition) is 4. The molecule has 0 aromatic carbocycles. The van der Waals surface area contributed by atoms with Gasteiger partial charge in [0.1, 0.15) is 0 Å². The zero-order valence-corrected chi connectivity index (χ0v) is 15.4. The molecule has 130 valence electrons. The Bertz CT molecular complexity index is 900. The smallest absolute Gasteiger partial charge is 0.254 e. The maximum Gasteiger partial charge on any atom is 0.254 e. The van der Waals surface area contributed by atoms with Crippen molar-refractivity contribution in [3.05, 3.63) is 45.9 Å². The van der Waals surface area contributed by atoms with Crippen LogP contribution in [0.1, 0.15) is 47.1 Å². The predicted octanol–water partition coefficient (Wildman–Crippen LogP) is 3.86. The first-order valence-corrected chi connectivity index (χ1v) is 9.68. The van der Waals surface area contributed by atoms with Crippen molar-refractivity contribution in [3.8, 4) is 0 Å². The number of amides is 1. The molecule has 3 aromatic rings. The molecule has 3 aromatic heterocycles. The maximum absolute atomic E-state index is 13.2. The molecule has 1 amide bonds. The van der Waals surface area contributed by atoms with E-state index in [1.807, 2.05) is 28.6 Å². The molecule has 1 atom stereocenters. The first-order chi connectivity index (χ1) is 12.1. The number of nitrogens with zero attached hydrogens (tertiary/aromatic N) is 4. The fraction of sp³-hybridized carbons (Fsp3) is 0.421. The topological polar surface area (TPSA) is 51.0 Å². The second-order valence-electron chi connectivity index (χ2n) is 6.77. The van der Waals surface area contributed by atoms with E-state index in [1.54, 1.807) is 17.5 Å². The fourth-order valence-corrected chi connectivity index (χ4v) is 4.26. The van der Waals surface area contributed by atoms with Crippen LogP contribution in [-0.2, 0) is 6.54 Å². The molecule has 25 heavy (non-hydrogen) atoms. The highest BCUT2D eigenvalue weighted by Crippen LogP contribution is 2.25. The SMILES string of the molecule is Cc1cc(C(=O)N2CCCC[C@H]2C)c2cnn(Cc3cccs3)c2n1. The number of likely N-dealkylation sites (tertiary alicyclic amines) is 1. The van der Waals surface area contributed by atoms with Crippen LogP contribution in [0, 0.1) is 6.92 Å². The van der Waals surface area contributed by atoms with Gasteiger partial charge in [-0.1, -0.05) is 6.07 Å². The summed E-state index contributed by atoms with van der Waals surface area (Å²) < 4.78 is 1.89. The molecule has 0 N–H and O–H groups in total. The summed E-state index contributed by atoms with van der Waals surface area (Å²) in [5.74, 6) is 0.110. The number of thiophene rings is 1. The Kier molecular flexibility index (Phi) is 4.29. The molecule has 0 spiro atoms. The van der Waals surface area contributed by atoms with E-state index in [9.17, 15) is 4.79 Å². The van der Waals surface area contributed by atoms with Crippen LogP contribution in [0.2, 0.25) is 0 Å². The summed E-state index contributed by atoms with van der Waals surface area (Å²) in [6.45, 7) is 5.61. The Hall–Kier alpha value is -2.21. The molecule has 0 unspecified atom stereocenters. The Morgan fingerprint density at radius 2 is 2.28 bits per heavy atom. The normalized spacial score (nSPS) is 18.0. The van der Waals surface area contributed by atoms with Crippen molar-refractivity contribution in [2.24, 2.45) is 0 Å². The largest absolute Gasteiger partial charge is 0.336 e. The molecule has 1 aliphatic heterocycles. The minimum atomic E-state index is 0.110. The monoisotopic (exact) mass is 354 g/mol. The van der Waals surface area contributed by atoms with E-state index in [-0.39, 0.29) is 5.91 Å². The molecular formula is C19H22N4OS. The summed E-state index contributed by atoms with van der Waals surface area (Å²) in [6.07, 6.45) is 5.16. The summed E-state index contributed by atoms with van der Waals surface area (Å²) in [6, 6.07) is 6.33. The van der Waals surface area contributed by atoms with Crippen LogP contribution < -0.4 is 0 Å². The Balaban J connectivity index is 1.74. The second kappa shape index (κ2) is 6.59. The number of carbonyl (C=O) groups is 1. The predicted molar refractivity (Wildman–Crippen MR) is 100 cm³/mol. The van der Waals surface area contributed by atoms with E-state index in [0.29, 0.717) is 12.6 Å². The molecular weight excluding hydrogens is 332 g/mol. The molecule has 4 heterocycles. The van der Waals surface area contributed by atoms with Gasteiger partial charge < -0.3 is 4.90 Å². The Morgan fingerprint density at radius 1 is 1.40 bits per heavy atom. The third kappa shape index (κ3) is 3.06. The van der Waals surface area contributed by atoms with Crippen LogP contribution in [0.25, 0.3) is 11.0 Å². The van der Waals surface area contributed by atoms with Gasteiger partial charge in [-0.25, -0.2) is 9.67 Å².